The number of carbonyl (C=O) groups excluding carboxylic acids is 1. The molecule has 1 aromatic carbocycles. The average Bonchev–Trinajstić information content (AvgIpc) is 2.39. The van der Waals surface area contributed by atoms with Crippen molar-refractivity contribution < 1.29 is 19.8 Å². The second kappa shape index (κ2) is 5.01. The van der Waals surface area contributed by atoms with Crippen LogP contribution >= 0.6 is 0 Å². The van der Waals surface area contributed by atoms with E-state index in [9.17, 15) is 14.7 Å². The fourth-order valence-electron chi connectivity index (χ4n) is 2.26. The molecule has 1 aromatic rings. The van der Waals surface area contributed by atoms with Gasteiger partial charge in [0, 0.05) is 12.1 Å². The number of rotatable bonds is 2. The van der Waals surface area contributed by atoms with E-state index < -0.39 is 11.6 Å². The summed E-state index contributed by atoms with van der Waals surface area (Å²) in [6.45, 7) is 2.25. The maximum Gasteiger partial charge on any atom is 0.337 e. The number of carboxylic acids is 1. The molecule has 5 nitrogen and oxygen atoms in total. The van der Waals surface area contributed by atoms with E-state index in [0.717, 1.165) is 5.56 Å². The van der Waals surface area contributed by atoms with Gasteiger partial charge in [0.1, 0.15) is 0 Å². The van der Waals surface area contributed by atoms with Crippen molar-refractivity contribution in [3.05, 3.63) is 35.4 Å². The summed E-state index contributed by atoms with van der Waals surface area (Å²) in [6.07, 6.45) is 0.667. The van der Waals surface area contributed by atoms with Crippen LogP contribution in [0, 0.1) is 6.92 Å². The number of hydrogen-bond acceptors (Lipinski definition) is 3. The number of carboxylic acid groups (broad SMARTS) is 1. The zero-order chi connectivity index (χ0) is 14.0. The Hall–Kier alpha value is -1.88. The number of aryl methyl sites for hydroxylation is 1. The topological polar surface area (TPSA) is 77.8 Å². The summed E-state index contributed by atoms with van der Waals surface area (Å²) in [7, 11) is 0. The Morgan fingerprint density at radius 1 is 1.26 bits per heavy atom. The highest BCUT2D eigenvalue weighted by molar-refractivity contribution is 5.95. The molecule has 0 aromatic heterocycles. The molecule has 1 fully saturated rings. The first kappa shape index (κ1) is 13.5. The van der Waals surface area contributed by atoms with Gasteiger partial charge in [0.05, 0.1) is 6.54 Å². The van der Waals surface area contributed by atoms with Crippen molar-refractivity contribution in [2.24, 2.45) is 0 Å². The predicted molar refractivity (Wildman–Crippen MR) is 68.9 cm³/mol. The van der Waals surface area contributed by atoms with E-state index in [-0.39, 0.29) is 18.9 Å². The number of nitrogens with zero attached hydrogens (tertiary/aromatic N) is 1. The molecule has 0 bridgehead atoms. The highest BCUT2D eigenvalue weighted by Gasteiger charge is 2.41. The van der Waals surface area contributed by atoms with Crippen molar-refractivity contribution in [2.45, 2.75) is 25.4 Å². The largest absolute Gasteiger partial charge is 0.479 e. The standard InChI is InChI=1S/C14H17NO4/c1-10-3-5-11(6-4-10)12(16)15-8-2-7-14(19,9-15)13(17)18/h3-6,19H,2,7-9H2,1H3,(H,17,18). The normalized spacial score (nSPS) is 23.2. The van der Waals surface area contributed by atoms with Gasteiger partial charge in [-0.05, 0) is 31.9 Å². The van der Waals surface area contributed by atoms with Crippen molar-refractivity contribution in [1.29, 1.82) is 0 Å². The zero-order valence-corrected chi connectivity index (χ0v) is 10.8. The molecule has 1 amide bonds. The Morgan fingerprint density at radius 2 is 1.89 bits per heavy atom. The number of likely N-dealkylation sites (tertiary alicyclic amines) is 1. The Labute approximate surface area is 111 Å². The van der Waals surface area contributed by atoms with Crippen molar-refractivity contribution in [1.82, 2.24) is 4.90 Å². The van der Waals surface area contributed by atoms with E-state index in [1.54, 1.807) is 12.1 Å². The van der Waals surface area contributed by atoms with Crippen molar-refractivity contribution >= 4 is 11.9 Å². The van der Waals surface area contributed by atoms with E-state index in [4.69, 9.17) is 5.11 Å². The molecule has 0 saturated carbocycles. The number of benzene rings is 1. The molecule has 2 N–H and O–H groups in total. The first-order valence-electron chi connectivity index (χ1n) is 6.24. The smallest absolute Gasteiger partial charge is 0.337 e. The third-order valence-corrected chi connectivity index (χ3v) is 3.45. The predicted octanol–water partition coefficient (Wildman–Crippen LogP) is 1.05. The average molecular weight is 263 g/mol. The lowest BCUT2D eigenvalue weighted by Gasteiger charge is -2.36. The third-order valence-electron chi connectivity index (χ3n) is 3.45. The first-order chi connectivity index (χ1) is 8.92. The van der Waals surface area contributed by atoms with Gasteiger partial charge in [-0.15, -0.1) is 0 Å². The van der Waals surface area contributed by atoms with E-state index in [1.165, 1.54) is 4.90 Å². The molecule has 102 valence electrons. The van der Waals surface area contributed by atoms with Gasteiger partial charge in [-0.1, -0.05) is 17.7 Å². The number of β-amino-alcohol motifs (C(OH)–C–C–N with tert-alkyl or cyclic N) is 1. The van der Waals surface area contributed by atoms with Crippen molar-refractivity contribution in [3.8, 4) is 0 Å². The quantitative estimate of drug-likeness (QED) is 0.836. The van der Waals surface area contributed by atoms with Crippen LogP contribution in [-0.4, -0.2) is 45.7 Å². The van der Waals surface area contributed by atoms with Crippen LogP contribution in [0.4, 0.5) is 0 Å². The number of aliphatic carboxylic acids is 1. The van der Waals surface area contributed by atoms with Gasteiger partial charge in [-0.25, -0.2) is 4.79 Å². The van der Waals surface area contributed by atoms with Gasteiger partial charge >= 0.3 is 5.97 Å². The molecular weight excluding hydrogens is 246 g/mol. The molecule has 1 heterocycles. The van der Waals surface area contributed by atoms with Crippen LogP contribution in [0.25, 0.3) is 0 Å². The van der Waals surface area contributed by atoms with Crippen molar-refractivity contribution in [3.63, 3.8) is 0 Å². The van der Waals surface area contributed by atoms with Gasteiger partial charge in [0.15, 0.2) is 5.60 Å². The molecule has 19 heavy (non-hydrogen) atoms. The zero-order valence-electron chi connectivity index (χ0n) is 10.8. The Bertz CT molecular complexity index is 497. The first-order valence-corrected chi connectivity index (χ1v) is 6.24. The molecule has 1 saturated heterocycles. The minimum atomic E-state index is -1.82. The Morgan fingerprint density at radius 3 is 2.47 bits per heavy atom. The van der Waals surface area contributed by atoms with E-state index in [1.807, 2.05) is 19.1 Å². The minimum Gasteiger partial charge on any atom is -0.479 e. The molecule has 1 aliphatic heterocycles. The summed E-state index contributed by atoms with van der Waals surface area (Å²) < 4.78 is 0. The highest BCUT2D eigenvalue weighted by atomic mass is 16.4. The van der Waals surface area contributed by atoms with E-state index >= 15 is 0 Å². The van der Waals surface area contributed by atoms with Crippen LogP contribution in [0.1, 0.15) is 28.8 Å². The Kier molecular flexibility index (Phi) is 3.57. The number of aliphatic hydroxyl groups is 1. The Balaban J connectivity index is 2.15. The van der Waals surface area contributed by atoms with Crippen LogP contribution in [-0.2, 0) is 4.79 Å². The molecule has 0 aliphatic carbocycles. The molecule has 0 spiro atoms. The van der Waals surface area contributed by atoms with Crippen molar-refractivity contribution in [2.75, 3.05) is 13.1 Å². The molecule has 1 atom stereocenters. The minimum absolute atomic E-state index is 0.158. The van der Waals surface area contributed by atoms with Gasteiger partial charge in [-0.2, -0.15) is 0 Å². The lowest BCUT2D eigenvalue weighted by Crippen LogP contribution is -2.54. The fraction of sp³-hybridized carbons (Fsp3) is 0.429. The molecule has 5 heteroatoms. The van der Waals surface area contributed by atoms with Crippen LogP contribution in [0.5, 0.6) is 0 Å². The summed E-state index contributed by atoms with van der Waals surface area (Å²) in [5.41, 5.74) is -0.254. The second-order valence-electron chi connectivity index (χ2n) is 5.03. The lowest BCUT2D eigenvalue weighted by atomic mass is 9.92. The van der Waals surface area contributed by atoms with Gasteiger partial charge in [-0.3, -0.25) is 4.79 Å². The highest BCUT2D eigenvalue weighted by Crippen LogP contribution is 2.23. The SMILES string of the molecule is Cc1ccc(C(=O)N2CCCC(O)(C(=O)O)C2)cc1. The summed E-state index contributed by atoms with van der Waals surface area (Å²) >= 11 is 0. The second-order valence-corrected chi connectivity index (χ2v) is 5.03. The summed E-state index contributed by atoms with van der Waals surface area (Å²) in [6, 6.07) is 7.10. The molecule has 1 aliphatic rings. The van der Waals surface area contributed by atoms with Crippen LogP contribution in [0.15, 0.2) is 24.3 Å². The van der Waals surface area contributed by atoms with Gasteiger partial charge in [0.25, 0.3) is 5.91 Å². The summed E-state index contributed by atoms with van der Waals surface area (Å²) in [4.78, 5) is 24.7. The third kappa shape index (κ3) is 2.76. The van der Waals surface area contributed by atoms with Crippen LogP contribution in [0.2, 0.25) is 0 Å². The fourth-order valence-corrected chi connectivity index (χ4v) is 2.26. The van der Waals surface area contributed by atoms with Gasteiger partial charge in [0.2, 0.25) is 0 Å². The maximum absolute atomic E-state index is 12.2. The van der Waals surface area contributed by atoms with Crippen LogP contribution < -0.4 is 0 Å². The van der Waals surface area contributed by atoms with Crippen LogP contribution in [0.3, 0.4) is 0 Å². The summed E-state index contributed by atoms with van der Waals surface area (Å²) in [5, 5.41) is 19.0. The summed E-state index contributed by atoms with van der Waals surface area (Å²) in [5.74, 6) is -1.51. The molecule has 2 rings (SSSR count). The molecular formula is C14H17NO4. The maximum atomic E-state index is 12.2. The number of piperidine rings is 1. The van der Waals surface area contributed by atoms with E-state index in [2.05, 4.69) is 0 Å². The van der Waals surface area contributed by atoms with E-state index in [0.29, 0.717) is 18.5 Å². The number of carbonyl (C=O) groups is 2. The molecule has 1 unspecified atom stereocenters. The number of amides is 1. The number of hydrogen-bond donors (Lipinski definition) is 2. The lowest BCUT2D eigenvalue weighted by molar-refractivity contribution is -0.163. The molecule has 0 radical (unpaired) electrons. The van der Waals surface area contributed by atoms with Gasteiger partial charge < -0.3 is 15.1 Å². The monoisotopic (exact) mass is 263 g/mol.